The summed E-state index contributed by atoms with van der Waals surface area (Å²) in [6.45, 7) is 12.2. The Labute approximate surface area is 160 Å². The molecule has 2 rings (SSSR count). The second kappa shape index (κ2) is 7.51. The van der Waals surface area contributed by atoms with Gasteiger partial charge in [-0.2, -0.15) is 0 Å². The number of rotatable bonds is 4. The number of methoxy groups -OCH3 is 1. The zero-order valence-corrected chi connectivity index (χ0v) is 17.4. The summed E-state index contributed by atoms with van der Waals surface area (Å²) >= 11 is 1.63. The third-order valence-corrected chi connectivity index (χ3v) is 6.12. The lowest BCUT2D eigenvalue weighted by atomic mass is 9.94. The largest absolute Gasteiger partial charge is 0.488 e. The van der Waals surface area contributed by atoms with E-state index < -0.39 is 12.0 Å². The van der Waals surface area contributed by atoms with Crippen LogP contribution < -0.4 is 4.74 Å². The lowest BCUT2D eigenvalue weighted by molar-refractivity contribution is -0.150. The van der Waals surface area contributed by atoms with Gasteiger partial charge in [-0.05, 0) is 43.9 Å². The van der Waals surface area contributed by atoms with Gasteiger partial charge in [0.15, 0.2) is 0 Å². The van der Waals surface area contributed by atoms with E-state index in [4.69, 9.17) is 9.47 Å². The van der Waals surface area contributed by atoms with E-state index >= 15 is 0 Å². The van der Waals surface area contributed by atoms with E-state index in [1.807, 2.05) is 45.0 Å². The molecule has 1 aromatic carbocycles. The minimum Gasteiger partial charge on any atom is -0.488 e. The second-order valence-corrected chi connectivity index (χ2v) is 9.81. The fourth-order valence-corrected chi connectivity index (χ4v) is 4.79. The Morgan fingerprint density at radius 2 is 1.69 bits per heavy atom. The summed E-state index contributed by atoms with van der Waals surface area (Å²) in [4.78, 5) is 25.8. The average molecular weight is 380 g/mol. The molecule has 0 bridgehead atoms. The van der Waals surface area contributed by atoms with Gasteiger partial charge in [-0.3, -0.25) is 4.79 Å². The van der Waals surface area contributed by atoms with E-state index in [1.54, 1.807) is 16.7 Å². The highest BCUT2D eigenvalue weighted by Crippen LogP contribution is 2.51. The van der Waals surface area contributed by atoms with Crippen molar-refractivity contribution < 1.29 is 19.1 Å². The van der Waals surface area contributed by atoms with Gasteiger partial charge in [-0.15, -0.1) is 11.8 Å². The molecule has 0 aliphatic carbocycles. The average Bonchev–Trinajstić information content (AvgIpc) is 2.93. The van der Waals surface area contributed by atoms with E-state index in [0.717, 1.165) is 17.7 Å². The Bertz CT molecular complexity index is 645. The molecule has 0 saturated carbocycles. The summed E-state index contributed by atoms with van der Waals surface area (Å²) in [6, 6.07) is 7.10. The fraction of sp³-hybridized carbons (Fsp3) is 0.600. The molecular weight excluding hydrogens is 350 g/mol. The number of nitrogens with zero attached hydrogens (tertiary/aromatic N) is 1. The highest BCUT2D eigenvalue weighted by molar-refractivity contribution is 8.00. The van der Waals surface area contributed by atoms with Gasteiger partial charge in [-0.25, -0.2) is 4.79 Å². The van der Waals surface area contributed by atoms with Gasteiger partial charge in [0.25, 0.3) is 0 Å². The molecule has 0 aromatic heterocycles. The third kappa shape index (κ3) is 4.53. The van der Waals surface area contributed by atoms with Crippen molar-refractivity contribution in [1.29, 1.82) is 0 Å². The normalized spacial score (nSPS) is 23.7. The Hall–Kier alpha value is -1.69. The van der Waals surface area contributed by atoms with E-state index in [1.165, 1.54) is 7.11 Å². The molecule has 1 aliphatic rings. The van der Waals surface area contributed by atoms with E-state index in [9.17, 15) is 9.59 Å². The van der Waals surface area contributed by atoms with Crippen LogP contribution in [0.1, 0.15) is 52.4 Å². The lowest BCUT2D eigenvalue weighted by Crippen LogP contribution is -2.46. The second-order valence-electron chi connectivity index (χ2n) is 8.58. The number of carbonyl (C=O) groups excluding carboxylic acids is 2. The molecule has 144 valence electrons. The molecule has 1 fully saturated rings. The molecule has 0 unspecified atom stereocenters. The minimum atomic E-state index is -0.638. The zero-order chi connectivity index (χ0) is 19.7. The molecule has 0 spiro atoms. The Morgan fingerprint density at radius 3 is 2.12 bits per heavy atom. The quantitative estimate of drug-likeness (QED) is 0.584. The molecule has 0 N–H and O–H groups in total. The van der Waals surface area contributed by atoms with E-state index in [2.05, 4.69) is 20.8 Å². The van der Waals surface area contributed by atoms with Gasteiger partial charge in [0, 0.05) is 0 Å². The van der Waals surface area contributed by atoms with Crippen molar-refractivity contribution in [1.82, 2.24) is 4.90 Å². The SMILES string of the molecule is COC(=O)[C@@H]1[C@@H](c2ccc(OC(C)(C)C)cc2)S[C@H](C(C)(C)C)N1C=O. The predicted molar refractivity (Wildman–Crippen MR) is 104 cm³/mol. The van der Waals surface area contributed by atoms with Crippen molar-refractivity contribution in [3.63, 3.8) is 0 Å². The summed E-state index contributed by atoms with van der Waals surface area (Å²) < 4.78 is 10.9. The summed E-state index contributed by atoms with van der Waals surface area (Å²) in [5.74, 6) is 0.384. The topological polar surface area (TPSA) is 55.8 Å². The van der Waals surface area contributed by atoms with Gasteiger partial charge in [0.05, 0.1) is 17.7 Å². The molecule has 5 nitrogen and oxygen atoms in total. The molecule has 3 atom stereocenters. The van der Waals surface area contributed by atoms with Crippen molar-refractivity contribution in [2.24, 2.45) is 5.41 Å². The van der Waals surface area contributed by atoms with Crippen LogP contribution in [0.4, 0.5) is 0 Å². The predicted octanol–water partition coefficient (Wildman–Crippen LogP) is 4.02. The first kappa shape index (κ1) is 20.6. The van der Waals surface area contributed by atoms with Crippen molar-refractivity contribution >= 4 is 24.1 Å². The van der Waals surface area contributed by atoms with Crippen molar-refractivity contribution in [3.8, 4) is 5.75 Å². The molecule has 1 heterocycles. The fourth-order valence-electron chi connectivity index (χ4n) is 3.06. The standard InChI is InChI=1S/C20H29NO4S/c1-19(2,3)18-21(12-22)15(17(23)24-7)16(26-18)13-8-10-14(11-9-13)25-20(4,5)6/h8-12,15-16,18H,1-7H3/t15-,16+,18+/m0/s1. The summed E-state index contributed by atoms with van der Waals surface area (Å²) in [7, 11) is 1.36. The van der Waals surface area contributed by atoms with Gasteiger partial charge >= 0.3 is 5.97 Å². The third-order valence-electron chi connectivity index (χ3n) is 4.09. The van der Waals surface area contributed by atoms with Crippen LogP contribution in [0.25, 0.3) is 0 Å². The van der Waals surface area contributed by atoms with Crippen LogP contribution in [0.5, 0.6) is 5.75 Å². The molecular formula is C20H29NO4S. The van der Waals surface area contributed by atoms with Gasteiger partial charge in [0.1, 0.15) is 17.4 Å². The molecule has 6 heteroatoms. The lowest BCUT2D eigenvalue weighted by Gasteiger charge is -2.33. The van der Waals surface area contributed by atoms with Gasteiger partial charge in [-0.1, -0.05) is 32.9 Å². The number of ether oxygens (including phenoxy) is 2. The van der Waals surface area contributed by atoms with Crippen LogP contribution in [-0.4, -0.2) is 41.4 Å². The number of amides is 1. The number of carbonyl (C=O) groups is 2. The number of hydrogen-bond acceptors (Lipinski definition) is 5. The van der Waals surface area contributed by atoms with Crippen molar-refractivity contribution in [3.05, 3.63) is 29.8 Å². The van der Waals surface area contributed by atoms with Crippen LogP contribution in [0, 0.1) is 5.41 Å². The number of hydrogen-bond donors (Lipinski definition) is 0. The number of thioether (sulfide) groups is 1. The molecule has 26 heavy (non-hydrogen) atoms. The van der Waals surface area contributed by atoms with Crippen LogP contribution in [0.3, 0.4) is 0 Å². The Kier molecular flexibility index (Phi) is 5.95. The van der Waals surface area contributed by atoms with E-state index in [-0.39, 0.29) is 21.6 Å². The highest BCUT2D eigenvalue weighted by atomic mass is 32.2. The summed E-state index contributed by atoms with van der Waals surface area (Å²) in [5.41, 5.74) is 0.538. The van der Waals surface area contributed by atoms with Gasteiger partial charge < -0.3 is 14.4 Å². The monoisotopic (exact) mass is 379 g/mol. The minimum absolute atomic E-state index is 0.111. The molecule has 1 aromatic rings. The first-order valence-corrected chi connectivity index (χ1v) is 9.67. The van der Waals surface area contributed by atoms with Crippen molar-refractivity contribution in [2.75, 3.05) is 7.11 Å². The van der Waals surface area contributed by atoms with Crippen molar-refractivity contribution in [2.45, 2.75) is 63.8 Å². The first-order chi connectivity index (χ1) is 12.0. The van der Waals surface area contributed by atoms with Crippen LogP contribution in [0.2, 0.25) is 0 Å². The van der Waals surface area contributed by atoms with Gasteiger partial charge in [0.2, 0.25) is 6.41 Å². The van der Waals surface area contributed by atoms with Crippen LogP contribution in [-0.2, 0) is 14.3 Å². The zero-order valence-electron chi connectivity index (χ0n) is 16.6. The Morgan fingerprint density at radius 1 is 1.12 bits per heavy atom. The summed E-state index contributed by atoms with van der Waals surface area (Å²) in [6.07, 6.45) is 0.765. The van der Waals surface area contributed by atoms with Crippen LogP contribution >= 0.6 is 11.8 Å². The first-order valence-electron chi connectivity index (χ1n) is 8.73. The van der Waals surface area contributed by atoms with E-state index in [0.29, 0.717) is 0 Å². The number of benzene rings is 1. The highest BCUT2D eigenvalue weighted by Gasteiger charge is 2.50. The maximum Gasteiger partial charge on any atom is 0.330 e. The Balaban J connectivity index is 2.36. The molecule has 0 radical (unpaired) electrons. The maximum atomic E-state index is 12.4. The molecule has 1 amide bonds. The number of esters is 1. The molecule has 1 saturated heterocycles. The maximum absolute atomic E-state index is 12.4. The smallest absolute Gasteiger partial charge is 0.330 e. The van der Waals surface area contributed by atoms with Crippen LogP contribution in [0.15, 0.2) is 24.3 Å². The summed E-state index contributed by atoms with van der Waals surface area (Å²) in [5, 5.41) is -0.292. The molecule has 1 aliphatic heterocycles.